The molecule has 5 aromatic rings. The molecule has 0 saturated carbocycles. The van der Waals surface area contributed by atoms with Crippen LogP contribution in [0.1, 0.15) is 16.1 Å². The molecule has 1 amide bonds. The molecule has 0 saturated heterocycles. The number of rotatable bonds is 5. The quantitative estimate of drug-likeness (QED) is 0.310. The number of nitrogens with zero attached hydrogens (tertiary/aromatic N) is 6. The molecule has 12 heteroatoms. The van der Waals surface area contributed by atoms with Crippen LogP contribution in [0.25, 0.3) is 33.5 Å². The van der Waals surface area contributed by atoms with E-state index in [9.17, 15) is 9.18 Å². The molecule has 6 N–H and O–H groups in total. The van der Waals surface area contributed by atoms with Crippen LogP contribution in [0.3, 0.4) is 0 Å². The predicted octanol–water partition coefficient (Wildman–Crippen LogP) is 2.74. The van der Waals surface area contributed by atoms with E-state index < -0.39 is 11.7 Å². The first-order valence-electron chi connectivity index (χ1n) is 10.0. The number of carbonyl (C=O) groups is 1. The fourth-order valence-corrected chi connectivity index (χ4v) is 3.60. The molecule has 4 heterocycles. The number of primary amides is 1. The van der Waals surface area contributed by atoms with Crippen LogP contribution in [-0.2, 0) is 0 Å². The molecule has 0 unspecified atom stereocenters. The third-order valence-corrected chi connectivity index (χ3v) is 5.21. The number of amides is 1. The number of benzene rings is 1. The van der Waals surface area contributed by atoms with Gasteiger partial charge in [-0.05, 0) is 36.8 Å². The summed E-state index contributed by atoms with van der Waals surface area (Å²) >= 11 is 0. The van der Waals surface area contributed by atoms with Crippen LogP contribution in [0.15, 0.2) is 48.9 Å². The maximum absolute atomic E-state index is 14.2. The number of anilines is 3. The van der Waals surface area contributed by atoms with E-state index in [1.165, 1.54) is 24.5 Å². The maximum Gasteiger partial charge on any atom is 0.269 e. The minimum Gasteiger partial charge on any atom is -0.395 e. The molecule has 0 spiro atoms. The lowest BCUT2D eigenvalue weighted by molar-refractivity contribution is 0.0996. The molecule has 5 rings (SSSR count). The summed E-state index contributed by atoms with van der Waals surface area (Å²) in [4.78, 5) is 25.2. The van der Waals surface area contributed by atoms with Crippen molar-refractivity contribution in [1.82, 2.24) is 35.3 Å². The van der Waals surface area contributed by atoms with Gasteiger partial charge in [-0.1, -0.05) is 6.07 Å². The summed E-state index contributed by atoms with van der Waals surface area (Å²) in [5.41, 5.74) is 14.7. The molecule has 11 nitrogen and oxygen atoms in total. The van der Waals surface area contributed by atoms with Crippen LogP contribution in [-0.4, -0.2) is 41.3 Å². The number of nitrogen functional groups attached to an aromatic ring is 1. The third-order valence-electron chi connectivity index (χ3n) is 5.21. The van der Waals surface area contributed by atoms with Crippen molar-refractivity contribution in [1.29, 1.82) is 0 Å². The molecule has 0 atom stereocenters. The number of nitrogens with one attached hydrogen (secondary N) is 2. The normalized spacial score (nSPS) is 11.0. The van der Waals surface area contributed by atoms with Crippen molar-refractivity contribution < 1.29 is 9.18 Å². The summed E-state index contributed by atoms with van der Waals surface area (Å²) in [5, 5.41) is 18.4. The zero-order valence-corrected chi connectivity index (χ0v) is 17.7. The predicted molar refractivity (Wildman–Crippen MR) is 123 cm³/mol. The number of hydrogen-bond donors (Lipinski definition) is 4. The average molecular weight is 456 g/mol. The lowest BCUT2D eigenvalue weighted by Gasteiger charge is -2.15. The highest BCUT2D eigenvalue weighted by Gasteiger charge is 2.23. The van der Waals surface area contributed by atoms with Crippen molar-refractivity contribution in [3.05, 3.63) is 66.0 Å². The molecule has 168 valence electrons. The van der Waals surface area contributed by atoms with Gasteiger partial charge in [-0.2, -0.15) is 10.2 Å². The van der Waals surface area contributed by atoms with Gasteiger partial charge < -0.3 is 16.8 Å². The number of halogens is 1. The van der Waals surface area contributed by atoms with Crippen molar-refractivity contribution in [2.45, 2.75) is 6.92 Å². The number of hydrogen-bond acceptors (Lipinski definition) is 9. The topological polar surface area (TPSA) is 174 Å². The molecule has 0 bridgehead atoms. The minimum atomic E-state index is -0.827. The summed E-state index contributed by atoms with van der Waals surface area (Å²) in [7, 11) is 0. The number of nitrogens with two attached hydrogens (primary N) is 2. The first-order valence-corrected chi connectivity index (χ1v) is 10.0. The van der Waals surface area contributed by atoms with Gasteiger partial charge in [0.15, 0.2) is 29.0 Å². The Morgan fingerprint density at radius 1 is 1.12 bits per heavy atom. The second kappa shape index (κ2) is 8.16. The van der Waals surface area contributed by atoms with Gasteiger partial charge in [0, 0.05) is 17.1 Å². The van der Waals surface area contributed by atoms with Gasteiger partial charge >= 0.3 is 0 Å². The van der Waals surface area contributed by atoms with Gasteiger partial charge in [0.05, 0.1) is 34.9 Å². The van der Waals surface area contributed by atoms with E-state index in [0.29, 0.717) is 16.8 Å². The van der Waals surface area contributed by atoms with Crippen LogP contribution in [0.4, 0.5) is 21.7 Å². The Kier molecular flexibility index (Phi) is 5.01. The molecule has 0 aliphatic rings. The summed E-state index contributed by atoms with van der Waals surface area (Å²) in [5.74, 6) is -1.25. The summed E-state index contributed by atoms with van der Waals surface area (Å²) in [6.45, 7) is 1.89. The Bertz CT molecular complexity index is 1570. The van der Waals surface area contributed by atoms with Crippen LogP contribution >= 0.6 is 0 Å². The number of carbonyl (C=O) groups excluding carboxylic acids is 1. The van der Waals surface area contributed by atoms with Crippen molar-refractivity contribution >= 4 is 34.1 Å². The van der Waals surface area contributed by atoms with Gasteiger partial charge in [-0.25, -0.2) is 19.3 Å². The molecule has 4 aromatic heterocycles. The standard InChI is InChI=1S/C22H17FN10O/c1-10-4-5-14-12(9-28-32-14)15(10)17-16(24)18(19(25)34)30-20(29-17)11-6-8-27-33-21(11)31-22-13(23)3-2-7-26-22/h2-9H,24H2,1H3,(H2,25,34)(H,28,32)(H,26,31,33). The molecule has 0 aliphatic carbocycles. The second-order valence-electron chi connectivity index (χ2n) is 7.36. The fraction of sp³-hybridized carbons (Fsp3) is 0.0455. The molecule has 0 aliphatic heterocycles. The van der Waals surface area contributed by atoms with Crippen molar-refractivity contribution in [3.63, 3.8) is 0 Å². The smallest absolute Gasteiger partial charge is 0.269 e. The monoisotopic (exact) mass is 456 g/mol. The molecule has 0 fully saturated rings. The molecule has 1 aromatic carbocycles. The average Bonchev–Trinajstić information content (AvgIpc) is 3.30. The van der Waals surface area contributed by atoms with Crippen LogP contribution in [0.2, 0.25) is 0 Å². The van der Waals surface area contributed by atoms with Gasteiger partial charge in [0.1, 0.15) is 0 Å². The number of fused-ring (bicyclic) bond motifs is 1. The van der Waals surface area contributed by atoms with E-state index in [1.807, 2.05) is 19.1 Å². The lowest BCUT2D eigenvalue weighted by atomic mass is 9.99. The Labute approximate surface area is 191 Å². The minimum absolute atomic E-state index is 0.0281. The number of aromatic amines is 1. The number of aromatic nitrogens is 7. The number of aryl methyl sites for hydroxylation is 1. The summed E-state index contributed by atoms with van der Waals surface area (Å²) in [6.07, 6.45) is 4.49. The molecular weight excluding hydrogens is 439 g/mol. The molecule has 0 radical (unpaired) electrons. The van der Waals surface area contributed by atoms with Crippen LogP contribution in [0.5, 0.6) is 0 Å². The van der Waals surface area contributed by atoms with E-state index in [4.69, 9.17) is 11.5 Å². The molecule has 34 heavy (non-hydrogen) atoms. The number of H-pyrrole nitrogens is 1. The fourth-order valence-electron chi connectivity index (χ4n) is 3.60. The van der Waals surface area contributed by atoms with E-state index in [0.717, 1.165) is 16.5 Å². The Morgan fingerprint density at radius 2 is 1.97 bits per heavy atom. The second-order valence-corrected chi connectivity index (χ2v) is 7.36. The summed E-state index contributed by atoms with van der Waals surface area (Å²) in [6, 6.07) is 8.05. The van der Waals surface area contributed by atoms with Gasteiger partial charge in [0.25, 0.3) is 5.91 Å². The maximum atomic E-state index is 14.2. The van der Waals surface area contributed by atoms with Crippen molar-refractivity contribution in [2.75, 3.05) is 11.1 Å². The molecular formula is C22H17FN10O. The van der Waals surface area contributed by atoms with Gasteiger partial charge in [0.2, 0.25) is 0 Å². The zero-order chi connectivity index (χ0) is 23.8. The highest BCUT2D eigenvalue weighted by atomic mass is 19.1. The Morgan fingerprint density at radius 3 is 2.76 bits per heavy atom. The van der Waals surface area contributed by atoms with E-state index in [1.54, 1.807) is 12.3 Å². The van der Waals surface area contributed by atoms with E-state index >= 15 is 0 Å². The summed E-state index contributed by atoms with van der Waals surface area (Å²) < 4.78 is 14.2. The first kappa shape index (κ1) is 20.9. The largest absolute Gasteiger partial charge is 0.395 e. The highest BCUT2D eigenvalue weighted by Crippen LogP contribution is 2.36. The Hall–Kier alpha value is -5.00. The van der Waals surface area contributed by atoms with E-state index in [-0.39, 0.29) is 28.8 Å². The van der Waals surface area contributed by atoms with Crippen molar-refractivity contribution in [2.24, 2.45) is 5.73 Å². The van der Waals surface area contributed by atoms with Crippen LogP contribution < -0.4 is 16.8 Å². The first-order chi connectivity index (χ1) is 16.4. The lowest BCUT2D eigenvalue weighted by Crippen LogP contribution is -2.18. The number of pyridine rings is 1. The zero-order valence-electron chi connectivity index (χ0n) is 17.7. The van der Waals surface area contributed by atoms with E-state index in [2.05, 4.69) is 40.7 Å². The third kappa shape index (κ3) is 3.52. The van der Waals surface area contributed by atoms with Crippen LogP contribution in [0, 0.1) is 12.7 Å². The van der Waals surface area contributed by atoms with Gasteiger partial charge in [-0.15, -0.1) is 5.10 Å². The van der Waals surface area contributed by atoms with Gasteiger partial charge in [-0.3, -0.25) is 9.89 Å². The van der Waals surface area contributed by atoms with Crippen molar-refractivity contribution in [3.8, 4) is 22.6 Å². The Balaban J connectivity index is 1.74. The highest BCUT2D eigenvalue weighted by molar-refractivity contribution is 6.04. The SMILES string of the molecule is Cc1ccc2[nH]ncc2c1-c1nc(-c2ccnnc2Nc2ncccc2F)nc(C(N)=O)c1N.